The van der Waals surface area contributed by atoms with Crippen LogP contribution in [0.2, 0.25) is 0 Å². The van der Waals surface area contributed by atoms with Crippen LogP contribution in [0.15, 0.2) is 54.6 Å². The predicted molar refractivity (Wildman–Crippen MR) is 126 cm³/mol. The number of hydrogen-bond donors (Lipinski definition) is 1. The summed E-state index contributed by atoms with van der Waals surface area (Å²) >= 11 is 0. The monoisotopic (exact) mass is 427 g/mol. The molecule has 0 unspecified atom stereocenters. The fourth-order valence-corrected chi connectivity index (χ4v) is 4.38. The summed E-state index contributed by atoms with van der Waals surface area (Å²) in [5, 5.41) is 12.6. The number of fused-ring (bicyclic) bond motifs is 1. The molecule has 0 bridgehead atoms. The first-order valence-electron chi connectivity index (χ1n) is 11.0. The fourth-order valence-electron chi connectivity index (χ4n) is 4.38. The quantitative estimate of drug-likeness (QED) is 0.482. The van der Waals surface area contributed by atoms with Gasteiger partial charge in [-0.2, -0.15) is 5.26 Å². The van der Waals surface area contributed by atoms with Crippen molar-refractivity contribution >= 4 is 23.3 Å². The number of nitrogens with zero attached hydrogens (tertiary/aromatic N) is 2. The molecule has 0 fully saturated rings. The Morgan fingerprint density at radius 1 is 1.16 bits per heavy atom. The van der Waals surface area contributed by atoms with Crippen molar-refractivity contribution in [3.63, 3.8) is 0 Å². The number of benzene rings is 3. The van der Waals surface area contributed by atoms with Crippen LogP contribution in [0.25, 0.3) is 0 Å². The van der Waals surface area contributed by atoms with Gasteiger partial charge < -0.3 is 15.0 Å². The number of nitriles is 1. The highest BCUT2D eigenvalue weighted by atomic mass is 19.1. The SMILES string of the molecule is Cc1c(CNc2ccc(CCC=O)c(F)c2)ccc2c1N(c1cccc(C#N)c1)CCC2. The lowest BCUT2D eigenvalue weighted by atomic mass is 9.94. The maximum absolute atomic E-state index is 14.3. The lowest BCUT2D eigenvalue weighted by Crippen LogP contribution is -2.26. The minimum Gasteiger partial charge on any atom is -0.381 e. The number of nitrogens with one attached hydrogen (secondary N) is 1. The van der Waals surface area contributed by atoms with E-state index >= 15 is 0 Å². The van der Waals surface area contributed by atoms with Crippen LogP contribution >= 0.6 is 0 Å². The van der Waals surface area contributed by atoms with Gasteiger partial charge in [-0.15, -0.1) is 0 Å². The van der Waals surface area contributed by atoms with E-state index in [9.17, 15) is 14.4 Å². The van der Waals surface area contributed by atoms with Gasteiger partial charge in [0.1, 0.15) is 12.1 Å². The second kappa shape index (κ2) is 9.65. The summed E-state index contributed by atoms with van der Waals surface area (Å²) in [5.41, 5.74) is 7.83. The van der Waals surface area contributed by atoms with Crippen molar-refractivity contribution in [1.29, 1.82) is 5.26 Å². The molecule has 1 N–H and O–H groups in total. The molecular weight excluding hydrogens is 401 g/mol. The third-order valence-corrected chi connectivity index (χ3v) is 6.08. The third kappa shape index (κ3) is 4.50. The highest BCUT2D eigenvalue weighted by Crippen LogP contribution is 2.38. The molecule has 3 aromatic rings. The van der Waals surface area contributed by atoms with E-state index < -0.39 is 0 Å². The Balaban J connectivity index is 1.57. The first kappa shape index (κ1) is 21.6. The highest BCUT2D eigenvalue weighted by Gasteiger charge is 2.22. The van der Waals surface area contributed by atoms with Gasteiger partial charge in [0, 0.05) is 36.6 Å². The van der Waals surface area contributed by atoms with Gasteiger partial charge in [-0.05, 0) is 78.8 Å². The number of aryl methyl sites for hydroxylation is 2. The largest absolute Gasteiger partial charge is 0.381 e. The number of halogens is 1. The van der Waals surface area contributed by atoms with Gasteiger partial charge >= 0.3 is 0 Å². The van der Waals surface area contributed by atoms with Gasteiger partial charge in [-0.1, -0.05) is 24.3 Å². The average molecular weight is 428 g/mol. The number of anilines is 3. The van der Waals surface area contributed by atoms with E-state index in [4.69, 9.17) is 0 Å². The van der Waals surface area contributed by atoms with Crippen LogP contribution < -0.4 is 10.2 Å². The molecule has 0 radical (unpaired) electrons. The average Bonchev–Trinajstić information content (AvgIpc) is 2.83. The van der Waals surface area contributed by atoms with E-state index in [2.05, 4.69) is 41.4 Å². The van der Waals surface area contributed by atoms with Gasteiger partial charge in [-0.25, -0.2) is 4.39 Å². The Hall–Kier alpha value is -3.65. The molecule has 5 heteroatoms. The number of rotatable bonds is 7. The number of aldehydes is 1. The first-order chi connectivity index (χ1) is 15.6. The molecule has 0 saturated heterocycles. The second-order valence-corrected chi connectivity index (χ2v) is 8.14. The van der Waals surface area contributed by atoms with E-state index in [0.29, 0.717) is 36.2 Å². The van der Waals surface area contributed by atoms with Crippen LogP contribution in [0.1, 0.15) is 40.7 Å². The van der Waals surface area contributed by atoms with Crippen LogP contribution in [0, 0.1) is 24.1 Å². The summed E-state index contributed by atoms with van der Waals surface area (Å²) < 4.78 is 14.3. The van der Waals surface area contributed by atoms with Crippen LogP contribution in [0.4, 0.5) is 21.5 Å². The van der Waals surface area contributed by atoms with Crippen LogP contribution in [-0.4, -0.2) is 12.8 Å². The fraction of sp³-hybridized carbons (Fsp3) is 0.259. The smallest absolute Gasteiger partial charge is 0.128 e. The molecule has 4 rings (SSSR count). The van der Waals surface area contributed by atoms with Crippen molar-refractivity contribution in [2.75, 3.05) is 16.8 Å². The van der Waals surface area contributed by atoms with Crippen LogP contribution in [0.5, 0.6) is 0 Å². The van der Waals surface area contributed by atoms with E-state index in [1.165, 1.54) is 22.9 Å². The van der Waals surface area contributed by atoms with Crippen molar-refractivity contribution in [3.05, 3.63) is 88.2 Å². The predicted octanol–water partition coefficient (Wildman–Crippen LogP) is 5.83. The zero-order valence-electron chi connectivity index (χ0n) is 18.2. The minimum absolute atomic E-state index is 0.289. The summed E-state index contributed by atoms with van der Waals surface area (Å²) in [4.78, 5) is 12.8. The van der Waals surface area contributed by atoms with Crippen molar-refractivity contribution in [1.82, 2.24) is 0 Å². The number of carbonyl (C=O) groups is 1. The van der Waals surface area contributed by atoms with E-state index in [1.807, 2.05) is 24.3 Å². The molecule has 1 aliphatic heterocycles. The molecule has 0 aromatic heterocycles. The lowest BCUT2D eigenvalue weighted by Gasteiger charge is -2.34. The zero-order chi connectivity index (χ0) is 22.5. The molecule has 3 aromatic carbocycles. The van der Waals surface area contributed by atoms with Gasteiger partial charge in [0.25, 0.3) is 0 Å². The topological polar surface area (TPSA) is 56.1 Å². The van der Waals surface area contributed by atoms with E-state index in [-0.39, 0.29) is 5.82 Å². The second-order valence-electron chi connectivity index (χ2n) is 8.14. The number of hydrogen-bond acceptors (Lipinski definition) is 4. The Kier molecular flexibility index (Phi) is 6.51. The molecule has 162 valence electrons. The molecule has 0 atom stereocenters. The molecule has 32 heavy (non-hydrogen) atoms. The molecule has 0 aliphatic carbocycles. The lowest BCUT2D eigenvalue weighted by molar-refractivity contribution is -0.107. The normalized spacial score (nSPS) is 12.7. The Bertz CT molecular complexity index is 1180. The molecule has 1 aliphatic rings. The summed E-state index contributed by atoms with van der Waals surface area (Å²) in [6.45, 7) is 3.62. The Morgan fingerprint density at radius 3 is 2.78 bits per heavy atom. The molecule has 0 saturated carbocycles. The summed E-state index contributed by atoms with van der Waals surface area (Å²) in [7, 11) is 0. The van der Waals surface area contributed by atoms with E-state index in [1.54, 1.807) is 6.07 Å². The number of carbonyl (C=O) groups excluding carboxylic acids is 1. The molecule has 1 heterocycles. The third-order valence-electron chi connectivity index (χ3n) is 6.08. The summed E-state index contributed by atoms with van der Waals surface area (Å²) in [6, 6.07) is 19.4. The van der Waals surface area contributed by atoms with Crippen LogP contribution in [-0.2, 0) is 24.2 Å². The van der Waals surface area contributed by atoms with Gasteiger partial charge in [-0.3, -0.25) is 0 Å². The molecule has 0 spiro atoms. The first-order valence-corrected chi connectivity index (χ1v) is 11.0. The Morgan fingerprint density at radius 2 is 2.00 bits per heavy atom. The van der Waals surface area contributed by atoms with Crippen molar-refractivity contribution < 1.29 is 9.18 Å². The molecule has 4 nitrogen and oxygen atoms in total. The van der Waals surface area contributed by atoms with Crippen LogP contribution in [0.3, 0.4) is 0 Å². The van der Waals surface area contributed by atoms with Crippen molar-refractivity contribution in [2.45, 2.75) is 39.2 Å². The maximum Gasteiger partial charge on any atom is 0.128 e. The summed E-state index contributed by atoms with van der Waals surface area (Å²) in [5.74, 6) is -0.289. The zero-order valence-corrected chi connectivity index (χ0v) is 18.2. The maximum atomic E-state index is 14.3. The molecular formula is C27H26FN3O. The van der Waals surface area contributed by atoms with Gasteiger partial charge in [0.05, 0.1) is 11.6 Å². The minimum atomic E-state index is -0.289. The van der Waals surface area contributed by atoms with Gasteiger partial charge in [0.2, 0.25) is 0 Å². The standard InChI is InChI=1S/C27H26FN3O/c1-19-23(18-30-24-12-11-21(7-4-14-32)26(28)16-24)10-9-22-6-3-13-31(27(19)22)25-8-2-5-20(15-25)17-29/h2,5,8-12,14-16,30H,3-4,6-7,13,18H2,1H3. The van der Waals surface area contributed by atoms with Crippen molar-refractivity contribution in [3.8, 4) is 6.07 Å². The Labute approximate surface area is 188 Å². The molecule has 0 amide bonds. The van der Waals surface area contributed by atoms with E-state index in [0.717, 1.165) is 36.9 Å². The van der Waals surface area contributed by atoms with Gasteiger partial charge in [0.15, 0.2) is 0 Å². The van der Waals surface area contributed by atoms with Crippen molar-refractivity contribution in [2.24, 2.45) is 0 Å². The summed E-state index contributed by atoms with van der Waals surface area (Å²) in [6.07, 6.45) is 3.65. The highest BCUT2D eigenvalue weighted by molar-refractivity contribution is 5.73.